The Morgan fingerprint density at radius 1 is 1.38 bits per heavy atom. The van der Waals surface area contributed by atoms with E-state index < -0.39 is 0 Å². The van der Waals surface area contributed by atoms with Crippen molar-refractivity contribution in [1.29, 1.82) is 0 Å². The minimum atomic E-state index is 0.835. The fourth-order valence-corrected chi connectivity index (χ4v) is 1.29. The highest BCUT2D eigenvalue weighted by molar-refractivity contribution is 4.96. The lowest BCUT2D eigenvalue weighted by Gasteiger charge is -1.92. The Morgan fingerprint density at radius 3 is 2.92 bits per heavy atom. The summed E-state index contributed by atoms with van der Waals surface area (Å²) < 4.78 is 5.28. The largest absolute Gasteiger partial charge is 0.449 e. The third kappa shape index (κ3) is 3.62. The van der Waals surface area contributed by atoms with E-state index in [-0.39, 0.29) is 0 Å². The molecule has 2 heteroatoms. The van der Waals surface area contributed by atoms with Crippen LogP contribution in [0.2, 0.25) is 0 Å². The van der Waals surface area contributed by atoms with Gasteiger partial charge in [0.2, 0.25) is 0 Å². The molecular formula is C11H18NO. The van der Waals surface area contributed by atoms with Crippen molar-refractivity contribution in [1.82, 2.24) is 4.98 Å². The zero-order valence-electron chi connectivity index (χ0n) is 8.38. The Kier molecular flexibility index (Phi) is 4.58. The first-order valence-corrected chi connectivity index (χ1v) is 5.09. The maximum atomic E-state index is 5.28. The second-order valence-corrected chi connectivity index (χ2v) is 3.29. The van der Waals surface area contributed by atoms with Gasteiger partial charge in [0.1, 0.15) is 6.26 Å². The van der Waals surface area contributed by atoms with Crippen molar-refractivity contribution in [3.05, 3.63) is 24.8 Å². The summed E-state index contributed by atoms with van der Waals surface area (Å²) in [7, 11) is 0. The van der Waals surface area contributed by atoms with Crippen LogP contribution < -0.4 is 0 Å². The van der Waals surface area contributed by atoms with Crippen molar-refractivity contribution >= 4 is 0 Å². The van der Waals surface area contributed by atoms with Crippen LogP contribution in [0.3, 0.4) is 0 Å². The van der Waals surface area contributed by atoms with E-state index in [9.17, 15) is 0 Å². The van der Waals surface area contributed by atoms with Crippen molar-refractivity contribution in [3.63, 3.8) is 0 Å². The molecule has 1 aromatic heterocycles. The zero-order chi connectivity index (χ0) is 9.52. The van der Waals surface area contributed by atoms with Gasteiger partial charge in [-0.25, -0.2) is 4.98 Å². The first-order valence-electron chi connectivity index (χ1n) is 5.09. The minimum absolute atomic E-state index is 0.835. The first-order chi connectivity index (χ1) is 6.36. The monoisotopic (exact) mass is 180 g/mol. The molecule has 0 aliphatic rings. The van der Waals surface area contributed by atoms with Crippen LogP contribution in [0.5, 0.6) is 0 Å². The van der Waals surface area contributed by atoms with Gasteiger partial charge in [-0.3, -0.25) is 0 Å². The molecule has 0 amide bonds. The molecule has 0 fully saturated rings. The summed E-state index contributed by atoms with van der Waals surface area (Å²) >= 11 is 0. The Labute approximate surface area is 80.4 Å². The third-order valence-electron chi connectivity index (χ3n) is 2.03. The van der Waals surface area contributed by atoms with E-state index in [2.05, 4.69) is 18.8 Å². The molecule has 0 aliphatic heterocycles. The van der Waals surface area contributed by atoms with E-state index in [1.54, 1.807) is 6.26 Å². The second-order valence-electron chi connectivity index (χ2n) is 3.29. The summed E-state index contributed by atoms with van der Waals surface area (Å²) in [5.41, 5.74) is 1.09. The van der Waals surface area contributed by atoms with Gasteiger partial charge in [-0.05, 0) is 19.3 Å². The maximum Gasteiger partial charge on any atom is 0.194 e. The molecule has 0 bridgehead atoms. The number of hydrogen-bond donors (Lipinski definition) is 0. The molecule has 0 aromatic carbocycles. The number of aryl methyl sites for hydroxylation is 2. The van der Waals surface area contributed by atoms with Crippen molar-refractivity contribution in [3.8, 4) is 0 Å². The van der Waals surface area contributed by atoms with Crippen LogP contribution >= 0.6 is 0 Å². The topological polar surface area (TPSA) is 26.0 Å². The van der Waals surface area contributed by atoms with Gasteiger partial charge in [-0.2, -0.15) is 0 Å². The molecule has 0 saturated carbocycles. The van der Waals surface area contributed by atoms with Crippen LogP contribution in [-0.4, -0.2) is 4.98 Å². The van der Waals surface area contributed by atoms with E-state index in [4.69, 9.17) is 4.42 Å². The molecule has 2 nitrogen and oxygen atoms in total. The van der Waals surface area contributed by atoms with Gasteiger partial charge in [0.05, 0.1) is 5.69 Å². The molecule has 0 spiro atoms. The predicted molar refractivity (Wildman–Crippen MR) is 53.4 cm³/mol. The van der Waals surface area contributed by atoms with Gasteiger partial charge in [0.25, 0.3) is 0 Å². The quantitative estimate of drug-likeness (QED) is 0.628. The summed E-state index contributed by atoms with van der Waals surface area (Å²) in [4.78, 5) is 4.37. The molecule has 0 N–H and O–H groups in total. The van der Waals surface area contributed by atoms with Crippen molar-refractivity contribution in [2.45, 2.75) is 45.4 Å². The molecule has 73 valence electrons. The number of oxazole rings is 1. The fraction of sp³-hybridized carbons (Fsp3) is 0.636. The molecule has 1 rings (SSSR count). The molecule has 1 aromatic rings. The van der Waals surface area contributed by atoms with Gasteiger partial charge < -0.3 is 4.42 Å². The van der Waals surface area contributed by atoms with Crippen LogP contribution in [0, 0.1) is 6.92 Å². The SMILES string of the molecule is [CH2]CCc1nc(CCCCC)co1. The minimum Gasteiger partial charge on any atom is -0.449 e. The van der Waals surface area contributed by atoms with E-state index in [1.165, 1.54) is 19.3 Å². The molecular weight excluding hydrogens is 162 g/mol. The summed E-state index contributed by atoms with van der Waals surface area (Å²) in [5.74, 6) is 0.835. The average molecular weight is 180 g/mol. The summed E-state index contributed by atoms with van der Waals surface area (Å²) in [5, 5.41) is 0. The Balaban J connectivity index is 2.31. The normalized spacial score (nSPS) is 10.6. The molecule has 0 unspecified atom stereocenters. The van der Waals surface area contributed by atoms with E-state index in [0.717, 1.165) is 30.8 Å². The predicted octanol–water partition coefficient (Wildman–Crippen LogP) is 3.17. The van der Waals surface area contributed by atoms with Crippen LogP contribution in [0.1, 0.15) is 44.2 Å². The Morgan fingerprint density at radius 2 is 2.23 bits per heavy atom. The maximum absolute atomic E-state index is 5.28. The number of rotatable bonds is 6. The molecule has 0 atom stereocenters. The van der Waals surface area contributed by atoms with Crippen LogP contribution in [0.15, 0.2) is 10.7 Å². The van der Waals surface area contributed by atoms with Crippen molar-refractivity contribution in [2.75, 3.05) is 0 Å². The van der Waals surface area contributed by atoms with Crippen molar-refractivity contribution < 1.29 is 4.42 Å². The number of unbranched alkanes of at least 4 members (excludes halogenated alkanes) is 2. The lowest BCUT2D eigenvalue weighted by Crippen LogP contribution is -1.87. The molecule has 1 radical (unpaired) electrons. The standard InChI is InChI=1S/C11H18NO/c1-3-5-6-8-10-9-13-11(12-10)7-4-2/h9H,2-8H2,1H3. The van der Waals surface area contributed by atoms with Gasteiger partial charge in [0, 0.05) is 6.42 Å². The number of nitrogens with zero attached hydrogens (tertiary/aromatic N) is 1. The summed E-state index contributed by atoms with van der Waals surface area (Å²) in [6.45, 7) is 5.97. The first kappa shape index (κ1) is 10.3. The van der Waals surface area contributed by atoms with Crippen LogP contribution in [0.25, 0.3) is 0 Å². The second kappa shape index (κ2) is 5.79. The molecule has 13 heavy (non-hydrogen) atoms. The van der Waals surface area contributed by atoms with Crippen LogP contribution in [-0.2, 0) is 12.8 Å². The van der Waals surface area contributed by atoms with E-state index >= 15 is 0 Å². The van der Waals surface area contributed by atoms with Gasteiger partial charge in [-0.1, -0.05) is 26.7 Å². The molecule has 1 heterocycles. The van der Waals surface area contributed by atoms with E-state index in [1.807, 2.05) is 0 Å². The average Bonchev–Trinajstić information content (AvgIpc) is 2.54. The van der Waals surface area contributed by atoms with Crippen LogP contribution in [0.4, 0.5) is 0 Å². The number of hydrogen-bond acceptors (Lipinski definition) is 2. The highest BCUT2D eigenvalue weighted by Gasteiger charge is 2.01. The van der Waals surface area contributed by atoms with Gasteiger partial charge in [-0.15, -0.1) is 0 Å². The van der Waals surface area contributed by atoms with Gasteiger partial charge in [0.15, 0.2) is 5.89 Å². The molecule has 0 saturated heterocycles. The fourth-order valence-electron chi connectivity index (χ4n) is 1.29. The Bertz CT molecular complexity index is 230. The highest BCUT2D eigenvalue weighted by atomic mass is 16.3. The van der Waals surface area contributed by atoms with E-state index in [0.29, 0.717) is 0 Å². The Hall–Kier alpha value is -0.790. The summed E-state index contributed by atoms with van der Waals surface area (Å²) in [6.07, 6.45) is 8.28. The zero-order valence-corrected chi connectivity index (χ0v) is 8.38. The molecule has 0 aliphatic carbocycles. The highest BCUT2D eigenvalue weighted by Crippen LogP contribution is 2.08. The smallest absolute Gasteiger partial charge is 0.194 e. The lowest BCUT2D eigenvalue weighted by atomic mass is 10.2. The lowest BCUT2D eigenvalue weighted by molar-refractivity contribution is 0.494. The number of aromatic nitrogens is 1. The van der Waals surface area contributed by atoms with Crippen molar-refractivity contribution in [2.24, 2.45) is 0 Å². The summed E-state index contributed by atoms with van der Waals surface area (Å²) in [6, 6.07) is 0. The third-order valence-corrected chi connectivity index (χ3v) is 2.03. The van der Waals surface area contributed by atoms with Gasteiger partial charge >= 0.3 is 0 Å².